The van der Waals surface area contributed by atoms with Crippen LogP contribution < -0.4 is 14.8 Å². The third-order valence-electron chi connectivity index (χ3n) is 3.87. The molecule has 1 aromatic heterocycles. The van der Waals surface area contributed by atoms with E-state index >= 15 is 0 Å². The first-order valence-corrected chi connectivity index (χ1v) is 9.39. The van der Waals surface area contributed by atoms with Crippen molar-refractivity contribution in [3.8, 4) is 11.5 Å². The largest absolute Gasteiger partial charge is 0.493 e. The molecule has 2 aromatic carbocycles. The quantitative estimate of drug-likeness (QED) is 0.556. The smallest absolute Gasteiger partial charge is 0.163 e. The maximum absolute atomic E-state index is 13.7. The van der Waals surface area contributed by atoms with Gasteiger partial charge < -0.3 is 14.8 Å². The molecular formula is C20H19ClFNO2S. The van der Waals surface area contributed by atoms with Crippen LogP contribution in [0.5, 0.6) is 11.5 Å². The normalized spacial score (nSPS) is 10.7. The predicted molar refractivity (Wildman–Crippen MR) is 104 cm³/mol. The van der Waals surface area contributed by atoms with Crippen LogP contribution in [0, 0.1) is 5.82 Å². The van der Waals surface area contributed by atoms with Gasteiger partial charge in [0.25, 0.3) is 0 Å². The van der Waals surface area contributed by atoms with Gasteiger partial charge in [0.15, 0.2) is 11.5 Å². The van der Waals surface area contributed by atoms with Crippen LogP contribution in [0.3, 0.4) is 0 Å². The van der Waals surface area contributed by atoms with Gasteiger partial charge in [-0.25, -0.2) is 4.39 Å². The van der Waals surface area contributed by atoms with Crippen molar-refractivity contribution < 1.29 is 13.9 Å². The first-order chi connectivity index (χ1) is 12.7. The molecule has 0 aliphatic heterocycles. The first kappa shape index (κ1) is 18.7. The van der Waals surface area contributed by atoms with Crippen LogP contribution >= 0.6 is 22.9 Å². The number of methoxy groups -OCH3 is 1. The number of rotatable bonds is 8. The van der Waals surface area contributed by atoms with Gasteiger partial charge in [-0.15, -0.1) is 11.3 Å². The van der Waals surface area contributed by atoms with Crippen LogP contribution in [0.4, 0.5) is 4.39 Å². The molecule has 3 rings (SSSR count). The maximum Gasteiger partial charge on any atom is 0.163 e. The van der Waals surface area contributed by atoms with Gasteiger partial charge in [0, 0.05) is 34.6 Å². The van der Waals surface area contributed by atoms with E-state index in [9.17, 15) is 4.39 Å². The third kappa shape index (κ3) is 4.75. The molecule has 0 saturated heterocycles. The standard InChI is InChI=1S/C20H19ClFNO2S/c1-24-19-9-15(11-23-12-16-6-4-8-26-16)17(21)10-20(19)25-13-14-5-2-3-7-18(14)22/h2-10,23H,11-13H2,1H3. The monoisotopic (exact) mass is 391 g/mol. The van der Waals surface area contributed by atoms with Gasteiger partial charge in [-0.1, -0.05) is 35.9 Å². The van der Waals surface area contributed by atoms with E-state index in [-0.39, 0.29) is 12.4 Å². The zero-order valence-corrected chi connectivity index (χ0v) is 15.9. The highest BCUT2D eigenvalue weighted by atomic mass is 35.5. The van der Waals surface area contributed by atoms with E-state index in [2.05, 4.69) is 16.8 Å². The molecule has 26 heavy (non-hydrogen) atoms. The molecular weight excluding hydrogens is 373 g/mol. The summed E-state index contributed by atoms with van der Waals surface area (Å²) in [5.74, 6) is 0.758. The van der Waals surface area contributed by atoms with Crippen LogP contribution in [0.2, 0.25) is 5.02 Å². The zero-order chi connectivity index (χ0) is 18.4. The number of thiophene rings is 1. The number of ether oxygens (including phenoxy) is 2. The van der Waals surface area contributed by atoms with Crippen LogP contribution in [-0.4, -0.2) is 7.11 Å². The summed E-state index contributed by atoms with van der Waals surface area (Å²) in [5.41, 5.74) is 1.39. The number of nitrogens with one attached hydrogen (secondary N) is 1. The summed E-state index contributed by atoms with van der Waals surface area (Å²) in [4.78, 5) is 1.26. The highest BCUT2D eigenvalue weighted by molar-refractivity contribution is 7.09. The Morgan fingerprint density at radius 1 is 1.04 bits per heavy atom. The predicted octanol–water partition coefficient (Wildman–Crippen LogP) is 5.42. The second-order valence-corrected chi connectivity index (χ2v) is 7.10. The molecule has 0 aliphatic carbocycles. The minimum absolute atomic E-state index is 0.106. The van der Waals surface area contributed by atoms with Crippen molar-refractivity contribution in [2.75, 3.05) is 7.11 Å². The second kappa shape index (κ2) is 9.03. The van der Waals surface area contributed by atoms with E-state index in [0.29, 0.717) is 28.6 Å². The van der Waals surface area contributed by atoms with E-state index in [1.807, 2.05) is 12.1 Å². The lowest BCUT2D eigenvalue weighted by Crippen LogP contribution is -2.12. The van der Waals surface area contributed by atoms with Crippen LogP contribution in [0.1, 0.15) is 16.0 Å². The summed E-state index contributed by atoms with van der Waals surface area (Å²) < 4.78 is 24.9. The molecule has 0 aliphatic rings. The summed E-state index contributed by atoms with van der Waals surface area (Å²) in [6, 6.07) is 14.2. The zero-order valence-electron chi connectivity index (χ0n) is 14.3. The Morgan fingerprint density at radius 3 is 2.62 bits per heavy atom. The molecule has 0 bridgehead atoms. The first-order valence-electron chi connectivity index (χ1n) is 8.13. The van der Waals surface area contributed by atoms with E-state index in [1.165, 1.54) is 10.9 Å². The molecule has 1 N–H and O–H groups in total. The van der Waals surface area contributed by atoms with E-state index in [0.717, 1.165) is 12.1 Å². The van der Waals surface area contributed by atoms with Crippen LogP contribution in [-0.2, 0) is 19.7 Å². The highest BCUT2D eigenvalue weighted by Gasteiger charge is 2.12. The molecule has 0 radical (unpaired) electrons. The highest BCUT2D eigenvalue weighted by Crippen LogP contribution is 2.34. The third-order valence-corrected chi connectivity index (χ3v) is 5.10. The second-order valence-electron chi connectivity index (χ2n) is 5.66. The van der Waals surface area contributed by atoms with Crippen LogP contribution in [0.25, 0.3) is 0 Å². The molecule has 0 atom stereocenters. The van der Waals surface area contributed by atoms with E-state index in [4.69, 9.17) is 21.1 Å². The van der Waals surface area contributed by atoms with E-state index in [1.54, 1.807) is 42.7 Å². The SMILES string of the molecule is COc1cc(CNCc2cccs2)c(Cl)cc1OCc1ccccc1F. The molecule has 3 nitrogen and oxygen atoms in total. The number of hydrogen-bond donors (Lipinski definition) is 1. The average molecular weight is 392 g/mol. The Labute approximate surface area is 161 Å². The lowest BCUT2D eigenvalue weighted by atomic mass is 10.2. The lowest BCUT2D eigenvalue weighted by molar-refractivity contribution is 0.279. The van der Waals surface area contributed by atoms with Crippen molar-refractivity contribution in [3.63, 3.8) is 0 Å². The van der Waals surface area contributed by atoms with Gasteiger partial charge in [0.1, 0.15) is 12.4 Å². The summed E-state index contributed by atoms with van der Waals surface area (Å²) in [6.45, 7) is 1.50. The minimum atomic E-state index is -0.299. The molecule has 0 unspecified atom stereocenters. The molecule has 6 heteroatoms. The lowest BCUT2D eigenvalue weighted by Gasteiger charge is -2.14. The Bertz CT molecular complexity index is 855. The van der Waals surface area contributed by atoms with Gasteiger partial charge in [-0.05, 0) is 29.1 Å². The van der Waals surface area contributed by atoms with Gasteiger partial charge in [-0.2, -0.15) is 0 Å². The molecule has 3 aromatic rings. The van der Waals surface area contributed by atoms with Crippen molar-refractivity contribution in [2.45, 2.75) is 19.7 Å². The van der Waals surface area contributed by atoms with Crippen molar-refractivity contribution in [1.29, 1.82) is 0 Å². The van der Waals surface area contributed by atoms with Crippen LogP contribution in [0.15, 0.2) is 53.9 Å². The molecule has 1 heterocycles. The van der Waals surface area contributed by atoms with Gasteiger partial charge >= 0.3 is 0 Å². The summed E-state index contributed by atoms with van der Waals surface area (Å²) in [7, 11) is 1.57. The maximum atomic E-state index is 13.7. The molecule has 0 fully saturated rings. The Hall–Kier alpha value is -2.08. The fourth-order valence-corrected chi connectivity index (χ4v) is 3.38. The summed E-state index contributed by atoms with van der Waals surface area (Å²) in [5, 5.41) is 5.99. The topological polar surface area (TPSA) is 30.5 Å². The van der Waals surface area contributed by atoms with Gasteiger partial charge in [0.05, 0.1) is 7.11 Å². The van der Waals surface area contributed by atoms with E-state index < -0.39 is 0 Å². The molecule has 0 saturated carbocycles. The van der Waals surface area contributed by atoms with Gasteiger partial charge in [-0.3, -0.25) is 0 Å². The fraction of sp³-hybridized carbons (Fsp3) is 0.200. The molecule has 0 spiro atoms. The van der Waals surface area contributed by atoms with Crippen molar-refractivity contribution >= 4 is 22.9 Å². The van der Waals surface area contributed by atoms with Gasteiger partial charge in [0.2, 0.25) is 0 Å². The minimum Gasteiger partial charge on any atom is -0.493 e. The van der Waals surface area contributed by atoms with Crippen molar-refractivity contribution in [1.82, 2.24) is 5.32 Å². The number of benzene rings is 2. The Balaban J connectivity index is 1.67. The molecule has 136 valence electrons. The van der Waals surface area contributed by atoms with Crippen molar-refractivity contribution in [3.05, 3.63) is 80.8 Å². The summed E-state index contributed by atoms with van der Waals surface area (Å²) >= 11 is 8.09. The van der Waals surface area contributed by atoms with Crippen molar-refractivity contribution in [2.24, 2.45) is 0 Å². The average Bonchev–Trinajstić information content (AvgIpc) is 3.16. The molecule has 0 amide bonds. The summed E-state index contributed by atoms with van der Waals surface area (Å²) in [6.07, 6.45) is 0. The number of hydrogen-bond acceptors (Lipinski definition) is 4. The number of halogens is 2. The Morgan fingerprint density at radius 2 is 1.88 bits per heavy atom. The Kier molecular flexibility index (Phi) is 6.50. The fourth-order valence-electron chi connectivity index (χ4n) is 2.49.